The molecule has 2 atom stereocenters. The van der Waals surface area contributed by atoms with Crippen LogP contribution in [-0.4, -0.2) is 32.5 Å². The first-order chi connectivity index (χ1) is 11.7. The molecule has 2 saturated heterocycles. The van der Waals surface area contributed by atoms with E-state index in [1.165, 1.54) is 24.8 Å². The zero-order valence-electron chi connectivity index (χ0n) is 14.3. The van der Waals surface area contributed by atoms with E-state index in [4.69, 9.17) is 0 Å². The van der Waals surface area contributed by atoms with Crippen LogP contribution in [0.5, 0.6) is 0 Å². The number of aryl methyl sites for hydroxylation is 1. The fourth-order valence-corrected chi connectivity index (χ4v) is 4.53. The maximum Gasteiger partial charge on any atom is 0.169 e. The Morgan fingerprint density at radius 1 is 1.17 bits per heavy atom. The molecule has 0 N–H and O–H groups in total. The van der Waals surface area contributed by atoms with Crippen LogP contribution in [0.4, 0.5) is 0 Å². The first kappa shape index (κ1) is 15.6. The highest BCUT2D eigenvalue weighted by Crippen LogP contribution is 2.39. The topological polar surface area (TPSA) is 38.1 Å². The number of nitrogens with zero attached hydrogens (tertiary/aromatic N) is 3. The molecule has 0 aliphatic carbocycles. The minimum absolute atomic E-state index is 0.163. The molecule has 2 bridgehead atoms. The van der Waals surface area contributed by atoms with Gasteiger partial charge in [0.1, 0.15) is 0 Å². The number of aromatic nitrogens is 2. The number of fused-ring (bicyclic) bond motifs is 2. The summed E-state index contributed by atoms with van der Waals surface area (Å²) in [7, 11) is 1.87. The SMILES string of the molecule is Cn1cc(C(=O)C2CC3CCCC(C2)N3Cc2ccccc2)cn1. The van der Waals surface area contributed by atoms with Gasteiger partial charge >= 0.3 is 0 Å². The number of carbonyl (C=O) groups excluding carboxylic acids is 1. The maximum absolute atomic E-state index is 12.8. The summed E-state index contributed by atoms with van der Waals surface area (Å²) in [6, 6.07) is 11.8. The molecular formula is C20H25N3O. The van der Waals surface area contributed by atoms with Crippen molar-refractivity contribution >= 4 is 5.78 Å². The lowest BCUT2D eigenvalue weighted by molar-refractivity contribution is 0.00906. The number of benzene rings is 1. The lowest BCUT2D eigenvalue weighted by atomic mass is 9.75. The highest BCUT2D eigenvalue weighted by Gasteiger charge is 2.40. The molecule has 0 spiro atoms. The summed E-state index contributed by atoms with van der Waals surface area (Å²) in [6.07, 6.45) is 9.31. The normalized spacial score (nSPS) is 27.1. The standard InChI is InChI=1S/C20H25N3O/c1-22-14-17(12-21-22)20(24)16-10-18-8-5-9-19(11-16)23(18)13-15-6-3-2-4-7-15/h2-4,6-7,12,14,16,18-19H,5,8-11,13H2,1H3. The van der Waals surface area contributed by atoms with Gasteiger partial charge in [0.2, 0.25) is 0 Å². The van der Waals surface area contributed by atoms with Gasteiger partial charge in [-0.05, 0) is 31.2 Å². The maximum atomic E-state index is 12.8. The largest absolute Gasteiger partial charge is 0.294 e. The lowest BCUT2D eigenvalue weighted by Crippen LogP contribution is -2.52. The van der Waals surface area contributed by atoms with Crippen molar-refractivity contribution in [2.45, 2.75) is 50.7 Å². The second-order valence-electron chi connectivity index (χ2n) is 7.33. The summed E-state index contributed by atoms with van der Waals surface area (Å²) in [5.74, 6) is 0.455. The van der Waals surface area contributed by atoms with Crippen LogP contribution in [0.15, 0.2) is 42.7 Å². The smallest absolute Gasteiger partial charge is 0.169 e. The van der Waals surface area contributed by atoms with Gasteiger partial charge < -0.3 is 0 Å². The van der Waals surface area contributed by atoms with E-state index in [9.17, 15) is 4.79 Å². The van der Waals surface area contributed by atoms with Crippen molar-refractivity contribution < 1.29 is 4.79 Å². The third-order valence-corrected chi connectivity index (χ3v) is 5.69. The average Bonchev–Trinajstić information content (AvgIpc) is 3.01. The number of ketones is 1. The van der Waals surface area contributed by atoms with E-state index in [1.54, 1.807) is 10.9 Å². The fourth-order valence-electron chi connectivity index (χ4n) is 4.53. The van der Waals surface area contributed by atoms with Crippen LogP contribution in [0.2, 0.25) is 0 Å². The van der Waals surface area contributed by atoms with E-state index < -0.39 is 0 Å². The molecule has 2 aliphatic rings. The lowest BCUT2D eigenvalue weighted by Gasteiger charge is -2.48. The first-order valence-electron chi connectivity index (χ1n) is 9.03. The van der Waals surface area contributed by atoms with Gasteiger partial charge in [-0.1, -0.05) is 36.8 Å². The predicted octanol–water partition coefficient (Wildman–Crippen LogP) is 3.44. The van der Waals surface area contributed by atoms with Gasteiger partial charge in [-0.3, -0.25) is 14.4 Å². The van der Waals surface area contributed by atoms with Gasteiger partial charge in [0, 0.05) is 37.8 Å². The van der Waals surface area contributed by atoms with Gasteiger partial charge in [-0.2, -0.15) is 5.10 Å². The van der Waals surface area contributed by atoms with Gasteiger partial charge in [0.15, 0.2) is 5.78 Å². The van der Waals surface area contributed by atoms with E-state index in [2.05, 4.69) is 40.3 Å². The van der Waals surface area contributed by atoms with Crippen molar-refractivity contribution in [1.29, 1.82) is 0 Å². The molecule has 4 rings (SSSR count). The third kappa shape index (κ3) is 3.03. The minimum Gasteiger partial charge on any atom is -0.294 e. The van der Waals surface area contributed by atoms with Crippen molar-refractivity contribution in [2.75, 3.05) is 0 Å². The summed E-state index contributed by atoms with van der Waals surface area (Å²) in [5.41, 5.74) is 2.16. The molecule has 0 saturated carbocycles. The van der Waals surface area contributed by atoms with Gasteiger partial charge in [-0.25, -0.2) is 0 Å². The molecule has 2 fully saturated rings. The van der Waals surface area contributed by atoms with Gasteiger partial charge in [0.05, 0.1) is 11.8 Å². The Kier molecular flexibility index (Phi) is 4.23. The molecular weight excluding hydrogens is 298 g/mol. The van der Waals surface area contributed by atoms with Gasteiger partial charge in [0.25, 0.3) is 0 Å². The number of rotatable bonds is 4. The quantitative estimate of drug-likeness (QED) is 0.809. The molecule has 4 heteroatoms. The fraction of sp³-hybridized carbons (Fsp3) is 0.500. The Morgan fingerprint density at radius 3 is 2.50 bits per heavy atom. The van der Waals surface area contributed by atoms with E-state index in [1.807, 2.05) is 13.2 Å². The number of piperidine rings is 2. The zero-order chi connectivity index (χ0) is 16.5. The molecule has 2 aromatic rings. The highest BCUT2D eigenvalue weighted by molar-refractivity contribution is 5.97. The number of carbonyl (C=O) groups is 1. The van der Waals surface area contributed by atoms with E-state index in [-0.39, 0.29) is 5.92 Å². The van der Waals surface area contributed by atoms with Crippen LogP contribution < -0.4 is 0 Å². The Morgan fingerprint density at radius 2 is 1.88 bits per heavy atom. The summed E-state index contributed by atoms with van der Waals surface area (Å²) < 4.78 is 1.72. The van der Waals surface area contributed by atoms with E-state index >= 15 is 0 Å². The molecule has 2 unspecified atom stereocenters. The Labute approximate surface area is 143 Å². The van der Waals surface area contributed by atoms with Crippen molar-refractivity contribution in [3.8, 4) is 0 Å². The van der Waals surface area contributed by atoms with Crippen molar-refractivity contribution in [1.82, 2.24) is 14.7 Å². The number of Topliss-reactive ketones (excluding diaryl/α,β-unsaturated/α-hetero) is 1. The number of hydrogen-bond acceptors (Lipinski definition) is 3. The molecule has 0 radical (unpaired) electrons. The summed E-state index contributed by atoms with van der Waals surface area (Å²) in [5, 5.41) is 4.16. The van der Waals surface area contributed by atoms with Crippen molar-refractivity contribution in [2.24, 2.45) is 13.0 Å². The van der Waals surface area contributed by atoms with Crippen LogP contribution in [-0.2, 0) is 13.6 Å². The van der Waals surface area contributed by atoms with Crippen LogP contribution in [0.3, 0.4) is 0 Å². The van der Waals surface area contributed by atoms with Crippen LogP contribution in [0.1, 0.15) is 48.0 Å². The van der Waals surface area contributed by atoms with Crippen LogP contribution >= 0.6 is 0 Å². The summed E-state index contributed by atoms with van der Waals surface area (Å²) >= 11 is 0. The van der Waals surface area contributed by atoms with E-state index in [0.717, 1.165) is 24.9 Å². The van der Waals surface area contributed by atoms with Crippen molar-refractivity contribution in [3.05, 3.63) is 53.9 Å². The van der Waals surface area contributed by atoms with Crippen molar-refractivity contribution in [3.63, 3.8) is 0 Å². The second kappa shape index (κ2) is 6.52. The molecule has 4 nitrogen and oxygen atoms in total. The molecule has 3 heterocycles. The highest BCUT2D eigenvalue weighted by atomic mass is 16.1. The first-order valence-corrected chi connectivity index (χ1v) is 9.03. The molecule has 1 aromatic carbocycles. The van der Waals surface area contributed by atoms with Gasteiger partial charge in [-0.15, -0.1) is 0 Å². The Bertz CT molecular complexity index is 695. The minimum atomic E-state index is 0.163. The van der Waals surface area contributed by atoms with Crippen LogP contribution in [0, 0.1) is 5.92 Å². The van der Waals surface area contributed by atoms with E-state index in [0.29, 0.717) is 17.9 Å². The number of hydrogen-bond donors (Lipinski definition) is 0. The zero-order valence-corrected chi connectivity index (χ0v) is 14.3. The second-order valence-corrected chi connectivity index (χ2v) is 7.33. The molecule has 126 valence electrons. The Balaban J connectivity index is 1.49. The average molecular weight is 323 g/mol. The molecule has 2 aliphatic heterocycles. The predicted molar refractivity (Wildman–Crippen MR) is 93.7 cm³/mol. The van der Waals surface area contributed by atoms with Crippen LogP contribution in [0.25, 0.3) is 0 Å². The monoisotopic (exact) mass is 323 g/mol. The molecule has 0 amide bonds. The molecule has 24 heavy (non-hydrogen) atoms. The third-order valence-electron chi connectivity index (χ3n) is 5.69. The molecule has 1 aromatic heterocycles. The summed E-state index contributed by atoms with van der Waals surface area (Å²) in [4.78, 5) is 15.5. The Hall–Kier alpha value is -1.94. The summed E-state index contributed by atoms with van der Waals surface area (Å²) in [6.45, 7) is 1.02.